The number of aliphatic carboxylic acids is 1. The van der Waals surface area contributed by atoms with E-state index in [0.29, 0.717) is 0 Å². The van der Waals surface area contributed by atoms with E-state index in [-0.39, 0.29) is 32.4 Å². The Balaban J connectivity index is -0.0000000267. The Morgan fingerprint density at radius 2 is 2.33 bits per heavy atom. The molecule has 0 aromatic carbocycles. The van der Waals surface area contributed by atoms with E-state index in [2.05, 4.69) is 6.58 Å². The second-order valence-electron chi connectivity index (χ2n) is 0.523. The molecule has 0 amide bonds. The van der Waals surface area contributed by atoms with Crippen LogP contribution in [0.15, 0.2) is 12.7 Å². The number of carboxylic acids is 1. The van der Waals surface area contributed by atoms with Crippen LogP contribution >= 0.6 is 0 Å². The largest absolute Gasteiger partial charge is 1.00 e. The fourth-order valence-corrected chi connectivity index (χ4v) is 0. The predicted molar refractivity (Wildman–Crippen MR) is 17.4 cm³/mol. The predicted octanol–water partition coefficient (Wildman–Crippen LogP) is -3.85. The van der Waals surface area contributed by atoms with E-state index in [1.807, 2.05) is 0 Å². The molecule has 0 aliphatic rings. The number of carbonyl (C=O) groups is 1. The number of rotatable bonds is 1. The van der Waals surface area contributed by atoms with Gasteiger partial charge in [-0.2, -0.15) is 0 Å². The van der Waals surface area contributed by atoms with Crippen molar-refractivity contribution in [2.24, 2.45) is 0 Å². The van der Waals surface area contributed by atoms with Crippen molar-refractivity contribution in [3.63, 3.8) is 0 Å². The van der Waals surface area contributed by atoms with Crippen molar-refractivity contribution < 1.29 is 42.3 Å². The summed E-state index contributed by atoms with van der Waals surface area (Å²) >= 11 is 0. The van der Waals surface area contributed by atoms with Crippen molar-refractivity contribution in [1.82, 2.24) is 0 Å². The summed E-state index contributed by atoms with van der Waals surface area (Å²) in [5, 5.41) is 9.14. The minimum Gasteiger partial charge on any atom is -1.00 e. The zero-order chi connectivity index (χ0) is 4.28. The molecule has 0 saturated carbocycles. The molecule has 0 saturated heterocycles. The van der Waals surface area contributed by atoms with Crippen LogP contribution in [0.5, 0.6) is 0 Å². The van der Waals surface area contributed by atoms with E-state index in [4.69, 9.17) is 9.90 Å². The van der Waals surface area contributed by atoms with Gasteiger partial charge in [-0.15, -0.1) is 0 Å². The van der Waals surface area contributed by atoms with Gasteiger partial charge < -0.3 is 11.3 Å². The quantitative estimate of drug-likeness (QED) is 0.248. The van der Waals surface area contributed by atoms with E-state index in [9.17, 15) is 0 Å². The smallest absolute Gasteiger partial charge is 1.00 e. The molecule has 0 aromatic heterocycles. The van der Waals surface area contributed by atoms with Crippen LogP contribution in [-0.4, -0.2) is 5.97 Å². The first-order chi connectivity index (χ1) is 2.27. The molecule has 0 atom stereocenters. The summed E-state index contributed by atoms with van der Waals surface area (Å²) in [6, 6.07) is 0. The summed E-state index contributed by atoms with van der Waals surface area (Å²) in [4.78, 5) is 9.14. The van der Waals surface area contributed by atoms with E-state index in [1.54, 1.807) is 0 Å². The van der Waals surface area contributed by atoms with Gasteiger partial charge in [0, 0.05) is 0 Å². The zero-order valence-electron chi connectivity index (χ0n) is 5.60. The molecule has 0 N–H and O–H groups in total. The van der Waals surface area contributed by atoms with Gasteiger partial charge in [0.15, 0.2) is 0 Å². The molecular formula is C3H5NaO2. The van der Waals surface area contributed by atoms with Crippen molar-refractivity contribution in [1.29, 1.82) is 0 Å². The molecule has 0 heterocycles. The van der Waals surface area contributed by atoms with Crippen LogP contribution in [0.4, 0.5) is 0 Å². The Morgan fingerprint density at radius 3 is 2.33 bits per heavy atom. The van der Waals surface area contributed by atoms with E-state index < -0.39 is 5.97 Å². The Bertz CT molecular complexity index is 66.3. The van der Waals surface area contributed by atoms with Gasteiger partial charge in [0.25, 0.3) is 0 Å². The first-order valence-electron chi connectivity index (χ1n) is 1.11. The van der Waals surface area contributed by atoms with Gasteiger partial charge in [-0.05, 0) is 6.08 Å². The van der Waals surface area contributed by atoms with Crippen molar-refractivity contribution in [2.45, 2.75) is 0 Å². The van der Waals surface area contributed by atoms with Crippen LogP contribution in [0.3, 0.4) is 0 Å². The maximum absolute atomic E-state index is 9.14. The normalized spacial score (nSPS) is 5.33. The van der Waals surface area contributed by atoms with Crippen LogP contribution in [0, 0.1) is 0 Å². The van der Waals surface area contributed by atoms with Crippen molar-refractivity contribution in [2.75, 3.05) is 0 Å². The monoisotopic (exact) mass is 96.0 g/mol. The van der Waals surface area contributed by atoms with Crippen LogP contribution in [-0.2, 0) is 4.79 Å². The molecule has 30 valence electrons. The van der Waals surface area contributed by atoms with Gasteiger partial charge in [0.05, 0.1) is 5.97 Å². The molecule has 0 rings (SSSR count). The number of hydrogen-bond acceptors (Lipinski definition) is 2. The molecule has 2 nitrogen and oxygen atoms in total. The van der Waals surface area contributed by atoms with Crippen molar-refractivity contribution >= 4 is 5.97 Å². The van der Waals surface area contributed by atoms with Gasteiger partial charge in [-0.25, -0.2) is 0 Å². The third-order valence-electron chi connectivity index (χ3n) is 0.167. The minimum absolute atomic E-state index is 0. The third-order valence-corrected chi connectivity index (χ3v) is 0.167. The molecular weight excluding hydrogens is 91.0 g/mol. The summed E-state index contributed by atoms with van der Waals surface area (Å²) in [5.41, 5.74) is 0. The van der Waals surface area contributed by atoms with Crippen molar-refractivity contribution in [3.05, 3.63) is 12.7 Å². The van der Waals surface area contributed by atoms with Crippen LogP contribution < -0.4 is 34.7 Å². The first kappa shape index (κ1) is 9.51. The van der Waals surface area contributed by atoms with E-state index in [1.165, 1.54) is 0 Å². The molecule has 0 aromatic rings. The maximum atomic E-state index is 9.14. The Kier molecular flexibility index (Phi) is 8.26. The molecule has 0 spiro atoms. The Morgan fingerprint density at radius 1 is 2.17 bits per heavy atom. The van der Waals surface area contributed by atoms with E-state index >= 15 is 0 Å². The van der Waals surface area contributed by atoms with Crippen LogP contribution in [0.25, 0.3) is 0 Å². The molecule has 0 radical (unpaired) electrons. The van der Waals surface area contributed by atoms with Crippen LogP contribution in [0.2, 0.25) is 0 Å². The maximum Gasteiger partial charge on any atom is 1.00 e. The molecule has 0 bridgehead atoms. The van der Waals surface area contributed by atoms with Gasteiger partial charge in [0.1, 0.15) is 0 Å². The molecule has 0 unspecified atom stereocenters. The molecule has 6 heavy (non-hydrogen) atoms. The SMILES string of the molecule is C=CC(=O)[O-].[H+].[H-].[Na+]. The fourth-order valence-electron chi connectivity index (χ4n) is 0. The fraction of sp³-hybridized carbons (Fsp3) is 0. The molecule has 0 aliphatic carbocycles. The second-order valence-corrected chi connectivity index (χ2v) is 0.523. The third kappa shape index (κ3) is 8.88. The minimum atomic E-state index is -1.23. The molecule has 0 fully saturated rings. The van der Waals surface area contributed by atoms with E-state index in [0.717, 1.165) is 6.08 Å². The van der Waals surface area contributed by atoms with Gasteiger partial charge >= 0.3 is 31.0 Å². The van der Waals surface area contributed by atoms with Crippen molar-refractivity contribution in [3.8, 4) is 0 Å². The average Bonchev–Trinajstić information content (AvgIpc) is 1.38. The summed E-state index contributed by atoms with van der Waals surface area (Å²) < 4.78 is 0. The van der Waals surface area contributed by atoms with Crippen LogP contribution in [0.1, 0.15) is 2.85 Å². The summed E-state index contributed by atoms with van der Waals surface area (Å²) in [6.45, 7) is 2.90. The standard InChI is InChI=1S/C3H4O2.Na.H/c1-2-3(4)5;;/h2H,1H2,(H,4,5);;/q;+1;-1. The molecule has 0 aliphatic heterocycles. The topological polar surface area (TPSA) is 40.1 Å². The van der Waals surface area contributed by atoms with Gasteiger partial charge in [-0.1, -0.05) is 6.58 Å². The zero-order valence-corrected chi connectivity index (χ0v) is 5.60. The molecule has 3 heteroatoms. The summed E-state index contributed by atoms with van der Waals surface area (Å²) in [5.74, 6) is -1.23. The Labute approximate surface area is 61.1 Å². The number of hydrogen-bond donors (Lipinski definition) is 0. The number of carbonyl (C=O) groups excluding carboxylic acids is 1. The van der Waals surface area contributed by atoms with Gasteiger partial charge in [-0.3, -0.25) is 0 Å². The number of carboxylic acid groups (broad SMARTS) is 1. The summed E-state index contributed by atoms with van der Waals surface area (Å²) in [7, 11) is 0. The first-order valence-corrected chi connectivity index (χ1v) is 1.11. The van der Waals surface area contributed by atoms with Gasteiger partial charge in [0.2, 0.25) is 0 Å². The average molecular weight is 96.1 g/mol. The summed E-state index contributed by atoms with van der Waals surface area (Å²) in [6.07, 6.45) is 0.722. The second kappa shape index (κ2) is 5.21. The Hall–Kier alpha value is 0.210.